The first kappa shape index (κ1) is 24.3. The van der Waals surface area contributed by atoms with Gasteiger partial charge < -0.3 is 14.4 Å². The van der Waals surface area contributed by atoms with Crippen LogP contribution >= 0.6 is 0 Å². The van der Waals surface area contributed by atoms with Gasteiger partial charge in [0.2, 0.25) is 0 Å². The molecule has 0 saturated carbocycles. The van der Waals surface area contributed by atoms with Crippen LogP contribution in [0.3, 0.4) is 0 Å². The van der Waals surface area contributed by atoms with Crippen molar-refractivity contribution in [3.05, 3.63) is 95.6 Å². The average molecular weight is 473 g/mol. The highest BCUT2D eigenvalue weighted by Gasteiger charge is 2.38. The molecule has 1 aliphatic rings. The number of hydrogen-bond acceptors (Lipinski definition) is 4. The Morgan fingerprint density at radius 3 is 2.17 bits per heavy atom. The molecule has 6 heteroatoms. The molecule has 0 bridgehead atoms. The molecule has 35 heavy (non-hydrogen) atoms. The number of urea groups is 1. The number of amides is 2. The number of benzene rings is 3. The average Bonchev–Trinajstić information content (AvgIpc) is 3.13. The van der Waals surface area contributed by atoms with Gasteiger partial charge in [-0.05, 0) is 74.7 Å². The summed E-state index contributed by atoms with van der Waals surface area (Å²) >= 11 is 0. The lowest BCUT2D eigenvalue weighted by molar-refractivity contribution is 0.00695. The van der Waals surface area contributed by atoms with Gasteiger partial charge in [0.15, 0.2) is 0 Å². The lowest BCUT2D eigenvalue weighted by atomic mass is 10.0. The van der Waals surface area contributed by atoms with Crippen LogP contribution in [0.1, 0.15) is 42.3 Å². The standard InChI is InChI=1S/C29H32N2O4/c1-29(2,3)35-27(32)23-12-10-21(11-13-23)18-25-20-30(19-22-8-6-5-7-9-22)28(33)31(25)24-14-16-26(34-4)17-15-24/h5-17,25H,18-20H2,1-4H3/t25-/m1/s1. The molecule has 0 N–H and O–H groups in total. The number of methoxy groups -OCH3 is 1. The minimum absolute atomic E-state index is 0.0191. The second-order valence-corrected chi connectivity index (χ2v) is 9.77. The molecular formula is C29H32N2O4. The van der Waals surface area contributed by atoms with Gasteiger partial charge >= 0.3 is 12.0 Å². The molecule has 182 valence electrons. The fourth-order valence-corrected chi connectivity index (χ4v) is 4.26. The van der Waals surface area contributed by atoms with Crippen molar-refractivity contribution in [1.29, 1.82) is 0 Å². The number of carbonyl (C=O) groups excluding carboxylic acids is 2. The summed E-state index contributed by atoms with van der Waals surface area (Å²) < 4.78 is 10.8. The largest absolute Gasteiger partial charge is 0.497 e. The van der Waals surface area contributed by atoms with Crippen LogP contribution in [0.4, 0.5) is 10.5 Å². The third-order valence-corrected chi connectivity index (χ3v) is 5.90. The maximum Gasteiger partial charge on any atom is 0.338 e. The second-order valence-electron chi connectivity index (χ2n) is 9.77. The van der Waals surface area contributed by atoms with E-state index in [-0.39, 0.29) is 18.0 Å². The van der Waals surface area contributed by atoms with Gasteiger partial charge in [0, 0.05) is 18.8 Å². The third kappa shape index (κ3) is 6.01. The topological polar surface area (TPSA) is 59.1 Å². The highest BCUT2D eigenvalue weighted by Crippen LogP contribution is 2.29. The number of rotatable bonds is 7. The summed E-state index contributed by atoms with van der Waals surface area (Å²) in [5.74, 6) is 0.407. The summed E-state index contributed by atoms with van der Waals surface area (Å²) in [6.07, 6.45) is 0.664. The van der Waals surface area contributed by atoms with Crippen LogP contribution in [0.15, 0.2) is 78.9 Å². The monoisotopic (exact) mass is 472 g/mol. The molecule has 2 amide bonds. The van der Waals surface area contributed by atoms with Gasteiger partial charge in [0.05, 0.1) is 18.7 Å². The molecule has 4 rings (SSSR count). The zero-order valence-corrected chi connectivity index (χ0v) is 20.7. The molecule has 0 aromatic heterocycles. The van der Waals surface area contributed by atoms with E-state index in [0.29, 0.717) is 25.1 Å². The quantitative estimate of drug-likeness (QED) is 0.414. The minimum Gasteiger partial charge on any atom is -0.497 e. The fraction of sp³-hybridized carbons (Fsp3) is 0.310. The lowest BCUT2D eigenvalue weighted by Crippen LogP contribution is -2.36. The molecule has 1 aliphatic heterocycles. The van der Waals surface area contributed by atoms with Crippen LogP contribution in [0.2, 0.25) is 0 Å². The van der Waals surface area contributed by atoms with E-state index in [1.807, 2.05) is 97.3 Å². The summed E-state index contributed by atoms with van der Waals surface area (Å²) in [4.78, 5) is 29.6. The van der Waals surface area contributed by atoms with E-state index < -0.39 is 5.60 Å². The third-order valence-electron chi connectivity index (χ3n) is 5.90. The van der Waals surface area contributed by atoms with Gasteiger partial charge in [0.1, 0.15) is 11.4 Å². The number of anilines is 1. The predicted octanol–water partition coefficient (Wildman–Crippen LogP) is 5.70. The molecule has 0 unspecified atom stereocenters. The molecule has 0 spiro atoms. The zero-order valence-electron chi connectivity index (χ0n) is 20.7. The minimum atomic E-state index is -0.541. The highest BCUT2D eigenvalue weighted by molar-refractivity contribution is 5.95. The maximum atomic E-state index is 13.5. The smallest absolute Gasteiger partial charge is 0.338 e. The predicted molar refractivity (Wildman–Crippen MR) is 137 cm³/mol. The molecule has 1 heterocycles. The highest BCUT2D eigenvalue weighted by atomic mass is 16.6. The van der Waals surface area contributed by atoms with E-state index >= 15 is 0 Å². The maximum absolute atomic E-state index is 13.5. The number of nitrogens with zero attached hydrogens (tertiary/aromatic N) is 2. The van der Waals surface area contributed by atoms with E-state index in [9.17, 15) is 9.59 Å². The second kappa shape index (κ2) is 10.2. The van der Waals surface area contributed by atoms with Gasteiger partial charge in [-0.2, -0.15) is 0 Å². The molecule has 0 aliphatic carbocycles. The van der Waals surface area contributed by atoms with E-state index in [1.165, 1.54) is 0 Å². The molecular weight excluding hydrogens is 440 g/mol. The first-order valence-corrected chi connectivity index (χ1v) is 11.8. The van der Waals surface area contributed by atoms with Gasteiger partial charge in [-0.25, -0.2) is 9.59 Å². The Kier molecular flexibility index (Phi) is 7.10. The van der Waals surface area contributed by atoms with Crippen molar-refractivity contribution in [3.63, 3.8) is 0 Å². The SMILES string of the molecule is COc1ccc(N2C(=O)N(Cc3ccccc3)C[C@H]2Cc2ccc(C(=O)OC(C)(C)C)cc2)cc1. The van der Waals surface area contributed by atoms with Crippen LogP contribution in [-0.4, -0.2) is 42.2 Å². The van der Waals surface area contributed by atoms with E-state index in [1.54, 1.807) is 19.2 Å². The Labute approximate surface area is 207 Å². The normalized spacial score (nSPS) is 15.9. The zero-order chi connectivity index (χ0) is 25.0. The van der Waals surface area contributed by atoms with Crippen LogP contribution in [-0.2, 0) is 17.7 Å². The Balaban J connectivity index is 1.55. The van der Waals surface area contributed by atoms with Crippen LogP contribution < -0.4 is 9.64 Å². The Bertz CT molecular complexity index is 1150. The van der Waals surface area contributed by atoms with Crippen molar-refractivity contribution in [1.82, 2.24) is 4.90 Å². The molecule has 0 radical (unpaired) electrons. The molecule has 1 fully saturated rings. The lowest BCUT2D eigenvalue weighted by Gasteiger charge is -2.24. The van der Waals surface area contributed by atoms with Crippen LogP contribution in [0.5, 0.6) is 5.75 Å². The van der Waals surface area contributed by atoms with Crippen molar-refractivity contribution in [2.24, 2.45) is 0 Å². The Hall–Kier alpha value is -3.80. The van der Waals surface area contributed by atoms with Crippen molar-refractivity contribution in [2.45, 2.75) is 45.4 Å². The van der Waals surface area contributed by atoms with E-state index in [0.717, 1.165) is 22.6 Å². The fourth-order valence-electron chi connectivity index (χ4n) is 4.26. The molecule has 3 aromatic rings. The van der Waals surface area contributed by atoms with Crippen molar-refractivity contribution < 1.29 is 19.1 Å². The van der Waals surface area contributed by atoms with Crippen molar-refractivity contribution in [2.75, 3.05) is 18.6 Å². The molecule has 1 saturated heterocycles. The molecule has 1 atom stereocenters. The number of carbonyl (C=O) groups is 2. The van der Waals surface area contributed by atoms with Gasteiger partial charge in [0.25, 0.3) is 0 Å². The first-order chi connectivity index (χ1) is 16.7. The number of esters is 1. The van der Waals surface area contributed by atoms with Crippen LogP contribution in [0, 0.1) is 0 Å². The Morgan fingerprint density at radius 2 is 1.57 bits per heavy atom. The summed E-state index contributed by atoms with van der Waals surface area (Å²) in [7, 11) is 1.63. The molecule has 6 nitrogen and oxygen atoms in total. The number of ether oxygens (including phenoxy) is 2. The number of hydrogen-bond donors (Lipinski definition) is 0. The van der Waals surface area contributed by atoms with Gasteiger partial charge in [-0.15, -0.1) is 0 Å². The van der Waals surface area contributed by atoms with Gasteiger partial charge in [-0.1, -0.05) is 42.5 Å². The van der Waals surface area contributed by atoms with E-state index in [2.05, 4.69) is 0 Å². The summed E-state index contributed by atoms with van der Waals surface area (Å²) in [6, 6.07) is 25.0. The molecule has 3 aromatic carbocycles. The summed E-state index contributed by atoms with van der Waals surface area (Å²) in [5, 5.41) is 0. The van der Waals surface area contributed by atoms with Gasteiger partial charge in [-0.3, -0.25) is 4.90 Å². The van der Waals surface area contributed by atoms with Crippen molar-refractivity contribution >= 4 is 17.7 Å². The van der Waals surface area contributed by atoms with E-state index in [4.69, 9.17) is 9.47 Å². The Morgan fingerprint density at radius 1 is 0.914 bits per heavy atom. The van der Waals surface area contributed by atoms with Crippen LogP contribution in [0.25, 0.3) is 0 Å². The summed E-state index contributed by atoms with van der Waals surface area (Å²) in [5.41, 5.74) is 2.96. The first-order valence-electron chi connectivity index (χ1n) is 11.8. The summed E-state index contributed by atoms with van der Waals surface area (Å²) in [6.45, 7) is 6.72. The van der Waals surface area contributed by atoms with Crippen molar-refractivity contribution in [3.8, 4) is 5.75 Å².